The van der Waals surface area contributed by atoms with Gasteiger partial charge in [0.15, 0.2) is 5.78 Å². The Labute approximate surface area is 115 Å². The highest BCUT2D eigenvalue weighted by molar-refractivity contribution is 7.11. The first-order valence-electron chi connectivity index (χ1n) is 5.89. The van der Waals surface area contributed by atoms with Crippen LogP contribution in [-0.4, -0.2) is 10.2 Å². The lowest BCUT2D eigenvalue weighted by molar-refractivity contribution is 0.101. The van der Waals surface area contributed by atoms with Crippen molar-refractivity contribution in [3.63, 3.8) is 0 Å². The zero-order chi connectivity index (χ0) is 13.1. The van der Waals surface area contributed by atoms with Crippen LogP contribution in [0.3, 0.4) is 0 Å². The van der Waals surface area contributed by atoms with Gasteiger partial charge in [0.2, 0.25) is 0 Å². The molecule has 0 atom stereocenters. The topological polar surface area (TPSA) is 42.0 Å². The maximum atomic E-state index is 11.6. The molecule has 0 saturated heterocycles. The standard InChI is InChI=1S/C13H16N2OS2/c1-4-10-5-6-17-11(10)7-14-13-12(9(3)16)8(2)15-18-13/h5-6,14H,4,7H2,1-3H3. The van der Waals surface area contributed by atoms with Gasteiger partial charge in [0, 0.05) is 4.88 Å². The van der Waals surface area contributed by atoms with Gasteiger partial charge in [-0.15, -0.1) is 11.3 Å². The second-order valence-electron chi connectivity index (χ2n) is 4.10. The van der Waals surface area contributed by atoms with Crippen LogP contribution in [-0.2, 0) is 13.0 Å². The molecule has 96 valence electrons. The monoisotopic (exact) mass is 280 g/mol. The summed E-state index contributed by atoms with van der Waals surface area (Å²) in [7, 11) is 0. The summed E-state index contributed by atoms with van der Waals surface area (Å²) in [5, 5.41) is 6.33. The molecule has 0 amide bonds. The molecule has 1 N–H and O–H groups in total. The third-order valence-electron chi connectivity index (χ3n) is 2.84. The van der Waals surface area contributed by atoms with Crippen LogP contribution in [0.1, 0.15) is 40.3 Å². The van der Waals surface area contributed by atoms with Crippen LogP contribution < -0.4 is 5.32 Å². The first-order valence-corrected chi connectivity index (χ1v) is 7.55. The van der Waals surface area contributed by atoms with E-state index in [1.54, 1.807) is 18.3 Å². The largest absolute Gasteiger partial charge is 0.370 e. The minimum atomic E-state index is 0.0747. The summed E-state index contributed by atoms with van der Waals surface area (Å²) in [5.41, 5.74) is 2.92. The lowest BCUT2D eigenvalue weighted by Crippen LogP contribution is -2.03. The third kappa shape index (κ3) is 2.62. The van der Waals surface area contributed by atoms with Crippen molar-refractivity contribution < 1.29 is 4.79 Å². The number of thiophene rings is 1. The number of nitrogens with one attached hydrogen (secondary N) is 1. The van der Waals surface area contributed by atoms with Crippen molar-refractivity contribution in [3.05, 3.63) is 33.1 Å². The molecule has 0 aliphatic rings. The molecule has 0 spiro atoms. The fourth-order valence-corrected chi connectivity index (χ4v) is 3.66. The predicted molar refractivity (Wildman–Crippen MR) is 77.9 cm³/mol. The normalized spacial score (nSPS) is 10.6. The van der Waals surface area contributed by atoms with Crippen molar-refractivity contribution in [1.29, 1.82) is 0 Å². The molecule has 5 heteroatoms. The molecule has 2 heterocycles. The van der Waals surface area contributed by atoms with E-state index in [9.17, 15) is 4.79 Å². The van der Waals surface area contributed by atoms with Gasteiger partial charge >= 0.3 is 0 Å². The first-order chi connectivity index (χ1) is 8.63. The maximum absolute atomic E-state index is 11.6. The average Bonchev–Trinajstić information content (AvgIpc) is 2.92. The minimum Gasteiger partial charge on any atom is -0.370 e. The van der Waals surface area contributed by atoms with Gasteiger partial charge in [-0.25, -0.2) is 0 Å². The Bertz CT molecular complexity index is 557. The molecule has 2 rings (SSSR count). The molecular weight excluding hydrogens is 264 g/mol. The number of carbonyl (C=O) groups excluding carboxylic acids is 1. The number of Topliss-reactive ketones (excluding diaryl/α,β-unsaturated/α-hetero) is 1. The quantitative estimate of drug-likeness (QED) is 0.845. The Kier molecular flexibility index (Phi) is 4.14. The lowest BCUT2D eigenvalue weighted by Gasteiger charge is -2.05. The number of nitrogens with zero attached hydrogens (tertiary/aromatic N) is 1. The Balaban J connectivity index is 2.14. The molecule has 0 fully saturated rings. The second kappa shape index (κ2) is 5.63. The van der Waals surface area contributed by atoms with E-state index in [0.717, 1.165) is 29.2 Å². The van der Waals surface area contributed by atoms with Crippen molar-refractivity contribution in [2.45, 2.75) is 33.7 Å². The highest BCUT2D eigenvalue weighted by Gasteiger charge is 2.14. The number of ketones is 1. The van der Waals surface area contributed by atoms with Gasteiger partial charge in [0.25, 0.3) is 0 Å². The highest BCUT2D eigenvalue weighted by atomic mass is 32.1. The Morgan fingerprint density at radius 1 is 1.50 bits per heavy atom. The summed E-state index contributed by atoms with van der Waals surface area (Å²) in [5.74, 6) is 0.0747. The summed E-state index contributed by atoms with van der Waals surface area (Å²) >= 11 is 3.11. The van der Waals surface area contributed by atoms with E-state index in [2.05, 4.69) is 28.1 Å². The molecule has 0 aromatic carbocycles. The number of hydrogen-bond donors (Lipinski definition) is 1. The van der Waals surface area contributed by atoms with Gasteiger partial charge in [-0.2, -0.15) is 4.37 Å². The molecule has 0 saturated carbocycles. The van der Waals surface area contributed by atoms with Crippen molar-refractivity contribution >= 4 is 33.7 Å². The van der Waals surface area contributed by atoms with E-state index in [1.807, 2.05) is 6.92 Å². The molecule has 2 aromatic heterocycles. The minimum absolute atomic E-state index is 0.0747. The van der Waals surface area contributed by atoms with Crippen LogP contribution in [0, 0.1) is 6.92 Å². The van der Waals surface area contributed by atoms with Crippen LogP contribution >= 0.6 is 22.9 Å². The predicted octanol–water partition coefficient (Wildman–Crippen LogP) is 3.89. The van der Waals surface area contributed by atoms with Crippen molar-refractivity contribution in [2.75, 3.05) is 5.32 Å². The Hall–Kier alpha value is -1.20. The van der Waals surface area contributed by atoms with Crippen LogP contribution in [0.25, 0.3) is 0 Å². The second-order valence-corrected chi connectivity index (χ2v) is 5.88. The SMILES string of the molecule is CCc1ccsc1CNc1snc(C)c1C(C)=O. The van der Waals surface area contributed by atoms with Crippen molar-refractivity contribution in [2.24, 2.45) is 0 Å². The molecule has 0 radical (unpaired) electrons. The van der Waals surface area contributed by atoms with Gasteiger partial charge in [-0.05, 0) is 48.8 Å². The number of rotatable bonds is 5. The van der Waals surface area contributed by atoms with E-state index in [0.29, 0.717) is 0 Å². The number of hydrogen-bond acceptors (Lipinski definition) is 5. The Morgan fingerprint density at radius 3 is 2.94 bits per heavy atom. The summed E-state index contributed by atoms with van der Waals surface area (Å²) in [4.78, 5) is 12.9. The van der Waals surface area contributed by atoms with Gasteiger partial charge in [0.05, 0.1) is 17.8 Å². The molecule has 0 bridgehead atoms. The van der Waals surface area contributed by atoms with Crippen molar-refractivity contribution in [3.8, 4) is 0 Å². The third-order valence-corrected chi connectivity index (χ3v) is 4.70. The fourth-order valence-electron chi connectivity index (χ4n) is 1.90. The summed E-state index contributed by atoms with van der Waals surface area (Å²) in [6, 6.07) is 2.16. The van der Waals surface area contributed by atoms with Gasteiger partial charge in [-0.1, -0.05) is 6.92 Å². The van der Waals surface area contributed by atoms with E-state index in [1.165, 1.54) is 22.0 Å². The van der Waals surface area contributed by atoms with Crippen LogP contribution in [0.15, 0.2) is 11.4 Å². The molecule has 3 nitrogen and oxygen atoms in total. The summed E-state index contributed by atoms with van der Waals surface area (Å²) in [6.07, 6.45) is 1.04. The van der Waals surface area contributed by atoms with E-state index in [4.69, 9.17) is 0 Å². The number of aromatic nitrogens is 1. The number of anilines is 1. The summed E-state index contributed by atoms with van der Waals surface area (Å²) in [6.45, 7) is 6.39. The first kappa shape index (κ1) is 13.2. The number of aryl methyl sites for hydroxylation is 2. The maximum Gasteiger partial charge on any atom is 0.164 e. The van der Waals surface area contributed by atoms with Gasteiger partial charge < -0.3 is 5.32 Å². The molecule has 0 unspecified atom stereocenters. The Morgan fingerprint density at radius 2 is 2.28 bits per heavy atom. The average molecular weight is 280 g/mol. The van der Waals surface area contributed by atoms with Crippen LogP contribution in [0.5, 0.6) is 0 Å². The summed E-state index contributed by atoms with van der Waals surface area (Å²) < 4.78 is 4.24. The molecule has 0 aliphatic heterocycles. The number of carbonyl (C=O) groups is 1. The van der Waals surface area contributed by atoms with E-state index >= 15 is 0 Å². The molecule has 2 aromatic rings. The molecule has 18 heavy (non-hydrogen) atoms. The fraction of sp³-hybridized carbons (Fsp3) is 0.385. The van der Waals surface area contributed by atoms with E-state index in [-0.39, 0.29) is 5.78 Å². The smallest absolute Gasteiger partial charge is 0.164 e. The molecule has 0 aliphatic carbocycles. The van der Waals surface area contributed by atoms with E-state index < -0.39 is 0 Å². The molecular formula is C13H16N2OS2. The zero-order valence-corrected chi connectivity index (χ0v) is 12.4. The zero-order valence-electron chi connectivity index (χ0n) is 10.7. The van der Waals surface area contributed by atoms with Crippen LogP contribution in [0.4, 0.5) is 5.00 Å². The highest BCUT2D eigenvalue weighted by Crippen LogP contribution is 2.26. The van der Waals surface area contributed by atoms with Gasteiger partial charge in [-0.3, -0.25) is 4.79 Å². The lowest BCUT2D eigenvalue weighted by atomic mass is 10.2. The van der Waals surface area contributed by atoms with Crippen molar-refractivity contribution in [1.82, 2.24) is 4.37 Å². The van der Waals surface area contributed by atoms with Gasteiger partial charge in [0.1, 0.15) is 5.00 Å². The van der Waals surface area contributed by atoms with Crippen LogP contribution in [0.2, 0.25) is 0 Å².